The molecule has 2 aliphatic heterocycles. The molecule has 0 aromatic rings. The highest BCUT2D eigenvalue weighted by Crippen LogP contribution is 2.18. The molecule has 2 rings (SSSR count). The maximum absolute atomic E-state index is 5.41. The molecular weight excluding hydrogens is 326 g/mol. The number of hydrogen-bond donors (Lipinski definition) is 2. The molecule has 0 radical (unpaired) electrons. The molecule has 0 saturated carbocycles. The minimum absolute atomic E-state index is 0.585. The number of rotatable bonds is 10. The Hall–Kier alpha value is -0.850. The van der Waals surface area contributed by atoms with Gasteiger partial charge in [0, 0.05) is 32.2 Å². The van der Waals surface area contributed by atoms with Crippen molar-refractivity contribution >= 4 is 5.96 Å². The molecule has 152 valence electrons. The van der Waals surface area contributed by atoms with Gasteiger partial charge in [-0.15, -0.1) is 0 Å². The summed E-state index contributed by atoms with van der Waals surface area (Å²) in [5.74, 6) is 1.70. The first-order chi connectivity index (χ1) is 12.7. The Balaban J connectivity index is 1.75. The van der Waals surface area contributed by atoms with Gasteiger partial charge in [0.15, 0.2) is 5.96 Å². The summed E-state index contributed by atoms with van der Waals surface area (Å²) < 4.78 is 5.41. The van der Waals surface area contributed by atoms with Crippen molar-refractivity contribution in [3.8, 4) is 0 Å². The van der Waals surface area contributed by atoms with Crippen LogP contribution in [0, 0.1) is 5.92 Å². The van der Waals surface area contributed by atoms with Crippen LogP contribution in [0.15, 0.2) is 4.99 Å². The van der Waals surface area contributed by atoms with E-state index in [-0.39, 0.29) is 0 Å². The number of aliphatic imine (C=N–C) groups is 1. The lowest BCUT2D eigenvalue weighted by molar-refractivity contribution is 0.0376. The van der Waals surface area contributed by atoms with E-state index in [1.165, 1.54) is 32.4 Å². The molecule has 2 aliphatic rings. The number of hydrogen-bond acceptors (Lipinski definition) is 4. The largest absolute Gasteiger partial charge is 0.379 e. The summed E-state index contributed by atoms with van der Waals surface area (Å²) in [7, 11) is 0. The van der Waals surface area contributed by atoms with Gasteiger partial charge in [-0.25, -0.2) is 0 Å². The van der Waals surface area contributed by atoms with Crippen molar-refractivity contribution < 1.29 is 4.74 Å². The van der Waals surface area contributed by atoms with Crippen molar-refractivity contribution in [2.24, 2.45) is 10.9 Å². The minimum atomic E-state index is 0.585. The number of nitrogens with one attached hydrogen (secondary N) is 2. The third-order valence-electron chi connectivity index (χ3n) is 5.25. The Morgan fingerprint density at radius 3 is 2.46 bits per heavy atom. The Labute approximate surface area is 160 Å². The van der Waals surface area contributed by atoms with Crippen LogP contribution in [0.4, 0.5) is 0 Å². The molecule has 2 saturated heterocycles. The molecule has 2 heterocycles. The van der Waals surface area contributed by atoms with Crippen molar-refractivity contribution in [3.63, 3.8) is 0 Å². The smallest absolute Gasteiger partial charge is 0.191 e. The zero-order valence-electron chi connectivity index (χ0n) is 17.3. The highest BCUT2D eigenvalue weighted by atomic mass is 16.5. The maximum Gasteiger partial charge on any atom is 0.191 e. The Morgan fingerprint density at radius 1 is 1.08 bits per heavy atom. The summed E-state index contributed by atoms with van der Waals surface area (Å²) in [5, 5.41) is 6.93. The topological polar surface area (TPSA) is 52.1 Å². The molecule has 6 nitrogen and oxygen atoms in total. The fraction of sp³-hybridized carbons (Fsp3) is 0.950. The van der Waals surface area contributed by atoms with E-state index in [1.54, 1.807) is 0 Å². The molecule has 0 aromatic carbocycles. The van der Waals surface area contributed by atoms with Crippen LogP contribution in [0.1, 0.15) is 46.5 Å². The van der Waals surface area contributed by atoms with Gasteiger partial charge in [-0.1, -0.05) is 13.8 Å². The molecule has 2 fully saturated rings. The van der Waals surface area contributed by atoms with Crippen molar-refractivity contribution in [2.45, 2.75) is 52.5 Å². The maximum atomic E-state index is 5.41. The van der Waals surface area contributed by atoms with Crippen LogP contribution in [-0.4, -0.2) is 87.4 Å². The van der Waals surface area contributed by atoms with Crippen LogP contribution in [0.5, 0.6) is 0 Å². The van der Waals surface area contributed by atoms with Gasteiger partial charge < -0.3 is 15.4 Å². The van der Waals surface area contributed by atoms with E-state index in [4.69, 9.17) is 9.73 Å². The van der Waals surface area contributed by atoms with Gasteiger partial charge in [0.2, 0.25) is 0 Å². The van der Waals surface area contributed by atoms with Gasteiger partial charge >= 0.3 is 0 Å². The molecule has 0 bridgehead atoms. The number of morpholine rings is 1. The molecule has 1 unspecified atom stereocenters. The molecule has 0 amide bonds. The lowest BCUT2D eigenvalue weighted by Crippen LogP contribution is -2.42. The van der Waals surface area contributed by atoms with Crippen molar-refractivity contribution in [1.29, 1.82) is 0 Å². The monoisotopic (exact) mass is 367 g/mol. The zero-order chi connectivity index (χ0) is 18.6. The summed E-state index contributed by atoms with van der Waals surface area (Å²) in [6, 6.07) is 0.585. The highest BCUT2D eigenvalue weighted by molar-refractivity contribution is 5.79. The van der Waals surface area contributed by atoms with Crippen molar-refractivity contribution in [1.82, 2.24) is 20.4 Å². The molecule has 26 heavy (non-hydrogen) atoms. The van der Waals surface area contributed by atoms with Crippen LogP contribution in [-0.2, 0) is 4.74 Å². The van der Waals surface area contributed by atoms with Gasteiger partial charge in [0.1, 0.15) is 0 Å². The molecule has 0 spiro atoms. The van der Waals surface area contributed by atoms with Gasteiger partial charge in [0.25, 0.3) is 0 Å². The fourth-order valence-electron chi connectivity index (χ4n) is 3.86. The first kappa shape index (κ1) is 21.5. The fourth-order valence-corrected chi connectivity index (χ4v) is 3.86. The van der Waals surface area contributed by atoms with E-state index in [9.17, 15) is 0 Å². The SMILES string of the molecule is CCNC(=NCC(CC(C)C)N1CCCC1)NCCCN1CCOCC1. The zero-order valence-corrected chi connectivity index (χ0v) is 17.3. The lowest BCUT2D eigenvalue weighted by Gasteiger charge is -2.28. The van der Waals surface area contributed by atoms with E-state index >= 15 is 0 Å². The summed E-state index contributed by atoms with van der Waals surface area (Å²) in [5.41, 5.74) is 0. The summed E-state index contributed by atoms with van der Waals surface area (Å²) in [6.07, 6.45) is 5.07. The van der Waals surface area contributed by atoms with Crippen LogP contribution in [0.25, 0.3) is 0 Å². The molecular formula is C20H41N5O. The molecule has 6 heteroatoms. The van der Waals surface area contributed by atoms with E-state index in [0.29, 0.717) is 6.04 Å². The summed E-state index contributed by atoms with van der Waals surface area (Å²) in [4.78, 5) is 10.0. The Morgan fingerprint density at radius 2 is 1.81 bits per heavy atom. The van der Waals surface area contributed by atoms with Crippen LogP contribution >= 0.6 is 0 Å². The van der Waals surface area contributed by atoms with E-state index < -0.39 is 0 Å². The molecule has 0 aromatic heterocycles. The molecule has 1 atom stereocenters. The van der Waals surface area contributed by atoms with Crippen LogP contribution in [0.3, 0.4) is 0 Å². The third-order valence-corrected chi connectivity index (χ3v) is 5.25. The number of likely N-dealkylation sites (tertiary alicyclic amines) is 1. The highest BCUT2D eigenvalue weighted by Gasteiger charge is 2.22. The Kier molecular flexibility index (Phi) is 10.3. The second-order valence-corrected chi connectivity index (χ2v) is 7.98. The molecule has 2 N–H and O–H groups in total. The van der Waals surface area contributed by atoms with E-state index in [2.05, 4.69) is 41.2 Å². The van der Waals surface area contributed by atoms with Gasteiger partial charge in [0.05, 0.1) is 19.8 Å². The van der Waals surface area contributed by atoms with E-state index in [1.807, 2.05) is 0 Å². The van der Waals surface area contributed by atoms with E-state index in [0.717, 1.165) is 70.8 Å². The Bertz CT molecular complexity index is 390. The average Bonchev–Trinajstić information content (AvgIpc) is 3.17. The number of ether oxygens (including phenoxy) is 1. The van der Waals surface area contributed by atoms with Crippen molar-refractivity contribution in [2.75, 3.05) is 65.6 Å². The number of nitrogens with zero attached hydrogens (tertiary/aromatic N) is 3. The predicted octanol–water partition coefficient (Wildman–Crippen LogP) is 1.77. The van der Waals surface area contributed by atoms with Gasteiger partial charge in [-0.2, -0.15) is 0 Å². The second-order valence-electron chi connectivity index (χ2n) is 7.98. The third kappa shape index (κ3) is 8.23. The molecule has 0 aliphatic carbocycles. The van der Waals surface area contributed by atoms with Crippen LogP contribution < -0.4 is 10.6 Å². The average molecular weight is 368 g/mol. The second kappa shape index (κ2) is 12.5. The van der Waals surface area contributed by atoms with Gasteiger partial charge in [-0.3, -0.25) is 14.8 Å². The standard InChI is InChI=1S/C20H41N5O/c1-4-21-20(22-8-7-9-24-12-14-26-15-13-24)23-17-19(16-18(2)3)25-10-5-6-11-25/h18-19H,4-17H2,1-3H3,(H2,21,22,23). The normalized spacial score (nSPS) is 21.3. The lowest BCUT2D eigenvalue weighted by atomic mass is 10.0. The number of guanidine groups is 1. The summed E-state index contributed by atoms with van der Waals surface area (Å²) in [6.45, 7) is 17.1. The van der Waals surface area contributed by atoms with Crippen LogP contribution in [0.2, 0.25) is 0 Å². The minimum Gasteiger partial charge on any atom is -0.379 e. The first-order valence-corrected chi connectivity index (χ1v) is 10.8. The first-order valence-electron chi connectivity index (χ1n) is 10.8. The van der Waals surface area contributed by atoms with Gasteiger partial charge in [-0.05, 0) is 58.2 Å². The quantitative estimate of drug-likeness (QED) is 0.350. The predicted molar refractivity (Wildman–Crippen MR) is 110 cm³/mol. The van der Waals surface area contributed by atoms with Crippen molar-refractivity contribution in [3.05, 3.63) is 0 Å². The summed E-state index contributed by atoms with van der Waals surface area (Å²) >= 11 is 0.